The molecule has 0 saturated heterocycles. The van der Waals surface area contributed by atoms with E-state index >= 15 is 0 Å². The van der Waals surface area contributed by atoms with Gasteiger partial charge in [0.25, 0.3) is 5.91 Å². The van der Waals surface area contributed by atoms with E-state index in [9.17, 15) is 10.1 Å². The predicted molar refractivity (Wildman–Crippen MR) is 115 cm³/mol. The van der Waals surface area contributed by atoms with Crippen molar-refractivity contribution in [3.63, 3.8) is 0 Å². The Hall–Kier alpha value is -2.97. The van der Waals surface area contributed by atoms with E-state index in [-0.39, 0.29) is 23.9 Å². The van der Waals surface area contributed by atoms with Gasteiger partial charge < -0.3 is 27.9 Å². The summed E-state index contributed by atoms with van der Waals surface area (Å²) in [6.45, 7) is 8.65. The van der Waals surface area contributed by atoms with Gasteiger partial charge in [0, 0.05) is 37.2 Å². The minimum Gasteiger partial charge on any atom is -1.00 e. The molecular formula is C23H28ClN4O-. The molecule has 0 aliphatic carbocycles. The van der Waals surface area contributed by atoms with Crippen LogP contribution in [0.4, 0.5) is 11.4 Å². The second kappa shape index (κ2) is 12.5. The molecule has 0 saturated carbocycles. The molecule has 2 aromatic rings. The molecule has 0 bridgehead atoms. The van der Waals surface area contributed by atoms with Crippen LogP contribution in [-0.2, 0) is 11.2 Å². The van der Waals surface area contributed by atoms with Crippen LogP contribution in [0.1, 0.15) is 25.0 Å². The van der Waals surface area contributed by atoms with Crippen LogP contribution < -0.4 is 27.9 Å². The minimum atomic E-state index is -0.372. The molecule has 0 fully saturated rings. The number of hydrogen-bond acceptors (Lipinski definition) is 4. The molecule has 6 heteroatoms. The molecule has 0 aliphatic rings. The number of nitriles is 1. The van der Waals surface area contributed by atoms with Gasteiger partial charge in [-0.2, -0.15) is 5.26 Å². The maximum Gasteiger partial charge on any atom is 0.263 e. The first-order valence-electron chi connectivity index (χ1n) is 9.63. The lowest BCUT2D eigenvalue weighted by molar-refractivity contribution is -0.117. The van der Waals surface area contributed by atoms with Gasteiger partial charge in [-0.05, 0) is 56.5 Å². The van der Waals surface area contributed by atoms with Gasteiger partial charge in [-0.25, -0.2) is 0 Å². The highest BCUT2D eigenvalue weighted by atomic mass is 35.5. The van der Waals surface area contributed by atoms with Crippen LogP contribution in [0.3, 0.4) is 0 Å². The summed E-state index contributed by atoms with van der Waals surface area (Å²) in [5.41, 5.74) is 4.30. The zero-order chi connectivity index (χ0) is 20.4. The fourth-order valence-electron chi connectivity index (χ4n) is 2.95. The van der Waals surface area contributed by atoms with E-state index in [1.807, 2.05) is 55.5 Å². The van der Waals surface area contributed by atoms with Crippen LogP contribution >= 0.6 is 0 Å². The van der Waals surface area contributed by atoms with Crippen molar-refractivity contribution < 1.29 is 17.2 Å². The van der Waals surface area contributed by atoms with Gasteiger partial charge in [0.1, 0.15) is 11.6 Å². The van der Waals surface area contributed by atoms with Crippen LogP contribution in [0.15, 0.2) is 60.3 Å². The largest absolute Gasteiger partial charge is 1.00 e. The summed E-state index contributed by atoms with van der Waals surface area (Å²) >= 11 is 0. The third-order valence-electron chi connectivity index (χ3n) is 4.62. The van der Waals surface area contributed by atoms with E-state index in [0.29, 0.717) is 6.54 Å². The zero-order valence-electron chi connectivity index (χ0n) is 17.2. The summed E-state index contributed by atoms with van der Waals surface area (Å²) in [4.78, 5) is 14.5. The van der Waals surface area contributed by atoms with Crippen molar-refractivity contribution in [2.45, 2.75) is 27.2 Å². The third-order valence-corrected chi connectivity index (χ3v) is 4.62. The highest BCUT2D eigenvalue weighted by molar-refractivity contribution is 5.97. The molecule has 0 unspecified atom stereocenters. The Morgan fingerprint density at radius 1 is 1.14 bits per heavy atom. The van der Waals surface area contributed by atoms with Gasteiger partial charge in [0.05, 0.1) is 0 Å². The minimum absolute atomic E-state index is 0. The molecule has 154 valence electrons. The topological polar surface area (TPSA) is 68.2 Å². The summed E-state index contributed by atoms with van der Waals surface area (Å²) in [6.07, 6.45) is 2.20. The first kappa shape index (κ1) is 24.1. The van der Waals surface area contributed by atoms with Crippen molar-refractivity contribution in [2.24, 2.45) is 0 Å². The molecule has 0 aliphatic heterocycles. The molecule has 1 amide bonds. The molecule has 5 nitrogen and oxygen atoms in total. The van der Waals surface area contributed by atoms with Gasteiger partial charge in [0.2, 0.25) is 0 Å². The Morgan fingerprint density at radius 3 is 2.41 bits per heavy atom. The molecule has 2 N–H and O–H groups in total. The third kappa shape index (κ3) is 7.17. The Kier molecular flexibility index (Phi) is 10.4. The number of halogens is 1. The molecule has 0 heterocycles. The number of nitrogens with zero attached hydrogens (tertiary/aromatic N) is 2. The molecule has 2 aromatic carbocycles. The van der Waals surface area contributed by atoms with Gasteiger partial charge >= 0.3 is 0 Å². The average Bonchev–Trinajstić information content (AvgIpc) is 2.71. The first-order chi connectivity index (χ1) is 13.6. The fraction of sp³-hybridized carbons (Fsp3) is 0.304. The number of nitrogens with one attached hydrogen (secondary N) is 2. The first-order valence-corrected chi connectivity index (χ1v) is 9.63. The molecule has 0 spiro atoms. The predicted octanol–water partition coefficient (Wildman–Crippen LogP) is 1.02. The maximum absolute atomic E-state index is 12.2. The smallest absolute Gasteiger partial charge is 0.263 e. The van der Waals surface area contributed by atoms with Crippen LogP contribution in [0.25, 0.3) is 0 Å². The molecule has 0 aromatic heterocycles. The number of aryl methyl sites for hydroxylation is 1. The van der Waals surface area contributed by atoms with Crippen molar-refractivity contribution in [1.29, 1.82) is 5.26 Å². The second-order valence-corrected chi connectivity index (χ2v) is 6.48. The average molecular weight is 412 g/mol. The SMILES string of the molecule is CCN(CC)c1ccc(N/C=C(/C#N)C(=O)NCCc2ccccc2)c(C)c1.[Cl-]. The fourth-order valence-corrected chi connectivity index (χ4v) is 2.95. The summed E-state index contributed by atoms with van der Waals surface area (Å²) in [5, 5.41) is 15.2. The van der Waals surface area contributed by atoms with E-state index in [1.54, 1.807) is 0 Å². The highest BCUT2D eigenvalue weighted by Crippen LogP contribution is 2.22. The Labute approximate surface area is 179 Å². The van der Waals surface area contributed by atoms with Crippen molar-refractivity contribution in [3.8, 4) is 6.07 Å². The van der Waals surface area contributed by atoms with Crippen molar-refractivity contribution >= 4 is 17.3 Å². The van der Waals surface area contributed by atoms with Crippen LogP contribution in [0, 0.1) is 18.3 Å². The number of hydrogen-bond donors (Lipinski definition) is 2. The van der Waals surface area contributed by atoms with Gasteiger partial charge in [-0.15, -0.1) is 0 Å². The van der Waals surface area contributed by atoms with E-state index in [0.717, 1.165) is 42.0 Å². The van der Waals surface area contributed by atoms with Gasteiger partial charge in [-0.3, -0.25) is 4.79 Å². The number of amides is 1. The van der Waals surface area contributed by atoms with Crippen LogP contribution in [0.5, 0.6) is 0 Å². The standard InChI is InChI=1S/C23H28N4O.ClH/c1-4-27(5-2)21-11-12-22(18(3)15-21)26-17-20(16-24)23(28)25-14-13-19-9-7-6-8-10-19;/h6-12,15,17,26H,4-5,13-14H2,1-3H3,(H,25,28);1H/p-1/b20-17-;. The Morgan fingerprint density at radius 2 is 1.83 bits per heavy atom. The normalized spacial score (nSPS) is 10.5. The monoisotopic (exact) mass is 411 g/mol. The van der Waals surface area contributed by atoms with Crippen molar-refractivity contribution in [3.05, 3.63) is 71.4 Å². The Balaban J connectivity index is 0.00000420. The van der Waals surface area contributed by atoms with E-state index < -0.39 is 0 Å². The van der Waals surface area contributed by atoms with Crippen molar-refractivity contribution in [2.75, 3.05) is 29.9 Å². The zero-order valence-corrected chi connectivity index (χ0v) is 18.0. The summed E-state index contributed by atoms with van der Waals surface area (Å²) in [5.74, 6) is -0.372. The lowest BCUT2D eigenvalue weighted by Gasteiger charge is -2.22. The number of rotatable bonds is 9. The van der Waals surface area contributed by atoms with Gasteiger partial charge in [-0.1, -0.05) is 30.3 Å². The number of benzene rings is 2. The van der Waals surface area contributed by atoms with E-state index in [1.165, 1.54) is 6.20 Å². The molecule has 0 radical (unpaired) electrons. The summed E-state index contributed by atoms with van der Waals surface area (Å²) in [7, 11) is 0. The van der Waals surface area contributed by atoms with E-state index in [4.69, 9.17) is 0 Å². The van der Waals surface area contributed by atoms with Crippen LogP contribution in [-0.4, -0.2) is 25.5 Å². The van der Waals surface area contributed by atoms with Crippen molar-refractivity contribution in [1.82, 2.24) is 5.32 Å². The van der Waals surface area contributed by atoms with Crippen LogP contribution in [0.2, 0.25) is 0 Å². The number of carbonyl (C=O) groups is 1. The number of carbonyl (C=O) groups excluding carboxylic acids is 1. The molecule has 2 rings (SSSR count). The second-order valence-electron chi connectivity index (χ2n) is 6.48. The molecule has 0 atom stereocenters. The Bertz CT molecular complexity index is 855. The number of anilines is 2. The lowest BCUT2D eigenvalue weighted by Crippen LogP contribution is -3.00. The summed E-state index contributed by atoms with van der Waals surface area (Å²) in [6, 6.07) is 18.0. The molecular weight excluding hydrogens is 384 g/mol. The van der Waals surface area contributed by atoms with Gasteiger partial charge in [0.15, 0.2) is 0 Å². The molecule has 29 heavy (non-hydrogen) atoms. The lowest BCUT2D eigenvalue weighted by atomic mass is 10.1. The summed E-state index contributed by atoms with van der Waals surface area (Å²) < 4.78 is 0. The quantitative estimate of drug-likeness (QED) is 0.477. The maximum atomic E-state index is 12.2. The highest BCUT2D eigenvalue weighted by Gasteiger charge is 2.09. The van der Waals surface area contributed by atoms with E-state index in [2.05, 4.69) is 35.4 Å².